The van der Waals surface area contributed by atoms with E-state index in [1.165, 1.54) is 12.1 Å². The third-order valence-corrected chi connectivity index (χ3v) is 2.37. The van der Waals surface area contributed by atoms with Crippen LogP contribution in [0, 0.1) is 0 Å². The first kappa shape index (κ1) is 11.8. The van der Waals surface area contributed by atoms with Gasteiger partial charge in [0.2, 0.25) is 0 Å². The zero-order valence-electron chi connectivity index (χ0n) is 9.97. The molecule has 0 bridgehead atoms. The summed E-state index contributed by atoms with van der Waals surface area (Å²) in [4.78, 5) is 10.9. The molecule has 1 aromatic rings. The summed E-state index contributed by atoms with van der Waals surface area (Å²) in [5.74, 6) is 0.176. The second-order valence-corrected chi connectivity index (χ2v) is 4.45. The van der Waals surface area contributed by atoms with Gasteiger partial charge in [-0.1, -0.05) is 0 Å². The molecule has 4 nitrogen and oxygen atoms in total. The molecule has 0 saturated heterocycles. The van der Waals surface area contributed by atoms with E-state index < -0.39 is 5.97 Å². The number of rotatable bonds is 5. The fourth-order valence-electron chi connectivity index (χ4n) is 1.45. The van der Waals surface area contributed by atoms with Gasteiger partial charge in [0, 0.05) is 0 Å². The minimum Gasteiger partial charge on any atom is -0.487 e. The molecule has 1 aliphatic carbocycles. The summed E-state index contributed by atoms with van der Waals surface area (Å²) in [5, 5.41) is 8.93. The molecule has 0 radical (unpaired) electrons. The van der Waals surface area contributed by atoms with E-state index in [1.54, 1.807) is 6.07 Å². The highest BCUT2D eigenvalue weighted by Gasteiger charge is 2.25. The van der Waals surface area contributed by atoms with Crippen LogP contribution in [0.3, 0.4) is 0 Å². The molecule has 92 valence electrons. The number of hydrogen-bond acceptors (Lipinski definition) is 3. The first-order valence-corrected chi connectivity index (χ1v) is 5.77. The molecule has 4 heteroatoms. The lowest BCUT2D eigenvalue weighted by atomic mass is 10.2. The highest BCUT2D eigenvalue weighted by atomic mass is 16.5. The SMILES string of the molecule is CC(C)Oc1cc(C(=O)O)ccc1OC1CC1. The molecule has 0 spiro atoms. The van der Waals surface area contributed by atoms with E-state index in [0.29, 0.717) is 11.5 Å². The van der Waals surface area contributed by atoms with Gasteiger partial charge in [0.1, 0.15) is 0 Å². The summed E-state index contributed by atoms with van der Waals surface area (Å²) < 4.78 is 11.3. The smallest absolute Gasteiger partial charge is 0.335 e. The maximum atomic E-state index is 10.9. The van der Waals surface area contributed by atoms with Crippen LogP contribution in [-0.2, 0) is 0 Å². The summed E-state index contributed by atoms with van der Waals surface area (Å²) in [5.41, 5.74) is 0.212. The highest BCUT2D eigenvalue weighted by Crippen LogP contribution is 2.34. The van der Waals surface area contributed by atoms with E-state index in [9.17, 15) is 4.79 Å². The largest absolute Gasteiger partial charge is 0.487 e. The van der Waals surface area contributed by atoms with Crippen molar-refractivity contribution in [3.8, 4) is 11.5 Å². The van der Waals surface area contributed by atoms with Crippen LogP contribution in [0.25, 0.3) is 0 Å². The van der Waals surface area contributed by atoms with Crippen LogP contribution >= 0.6 is 0 Å². The van der Waals surface area contributed by atoms with Crippen LogP contribution in [0.2, 0.25) is 0 Å². The molecule has 1 fully saturated rings. The Morgan fingerprint density at radius 1 is 1.35 bits per heavy atom. The average Bonchev–Trinajstić information content (AvgIpc) is 3.03. The van der Waals surface area contributed by atoms with E-state index in [2.05, 4.69) is 0 Å². The van der Waals surface area contributed by atoms with Crippen LogP contribution in [0.15, 0.2) is 18.2 Å². The quantitative estimate of drug-likeness (QED) is 0.854. The Bertz CT molecular complexity index is 421. The van der Waals surface area contributed by atoms with Crippen molar-refractivity contribution < 1.29 is 19.4 Å². The molecule has 0 amide bonds. The summed E-state index contributed by atoms with van der Waals surface area (Å²) in [6, 6.07) is 4.72. The maximum absolute atomic E-state index is 10.9. The fraction of sp³-hybridized carbons (Fsp3) is 0.462. The van der Waals surface area contributed by atoms with Crippen molar-refractivity contribution in [2.45, 2.75) is 38.9 Å². The molecule has 2 rings (SSSR count). The van der Waals surface area contributed by atoms with E-state index in [-0.39, 0.29) is 17.8 Å². The van der Waals surface area contributed by atoms with Gasteiger partial charge in [0.05, 0.1) is 17.8 Å². The molecule has 0 aromatic heterocycles. The molecule has 0 atom stereocenters. The van der Waals surface area contributed by atoms with Gasteiger partial charge in [-0.05, 0) is 44.9 Å². The Balaban J connectivity index is 2.25. The van der Waals surface area contributed by atoms with Gasteiger partial charge in [-0.2, -0.15) is 0 Å². The minimum atomic E-state index is -0.962. The Hall–Kier alpha value is -1.71. The second-order valence-electron chi connectivity index (χ2n) is 4.45. The number of benzene rings is 1. The molecular weight excluding hydrogens is 220 g/mol. The van der Waals surface area contributed by atoms with E-state index in [0.717, 1.165) is 12.8 Å². The van der Waals surface area contributed by atoms with E-state index >= 15 is 0 Å². The zero-order valence-corrected chi connectivity index (χ0v) is 9.97. The number of carbonyl (C=O) groups is 1. The van der Waals surface area contributed by atoms with Crippen LogP contribution in [0.5, 0.6) is 11.5 Å². The second kappa shape index (κ2) is 4.65. The predicted octanol–water partition coefficient (Wildman–Crippen LogP) is 2.71. The molecule has 1 aliphatic rings. The molecule has 17 heavy (non-hydrogen) atoms. The van der Waals surface area contributed by atoms with Gasteiger partial charge in [-0.15, -0.1) is 0 Å². The summed E-state index contributed by atoms with van der Waals surface area (Å²) in [7, 11) is 0. The number of carboxylic acid groups (broad SMARTS) is 1. The van der Waals surface area contributed by atoms with Crippen LogP contribution in [0.1, 0.15) is 37.0 Å². The van der Waals surface area contributed by atoms with Gasteiger partial charge in [-0.25, -0.2) is 4.79 Å². The maximum Gasteiger partial charge on any atom is 0.335 e. The minimum absolute atomic E-state index is 0.0133. The van der Waals surface area contributed by atoms with Crippen LogP contribution in [0.4, 0.5) is 0 Å². The molecular formula is C13H16O4. The Morgan fingerprint density at radius 3 is 2.59 bits per heavy atom. The predicted molar refractivity (Wildman–Crippen MR) is 62.8 cm³/mol. The van der Waals surface area contributed by atoms with Gasteiger partial charge in [-0.3, -0.25) is 0 Å². The lowest BCUT2D eigenvalue weighted by molar-refractivity contribution is 0.0696. The van der Waals surface area contributed by atoms with Crippen LogP contribution in [-0.4, -0.2) is 23.3 Å². The highest BCUT2D eigenvalue weighted by molar-refractivity contribution is 5.88. The van der Waals surface area contributed by atoms with E-state index in [1.807, 2.05) is 13.8 Å². The van der Waals surface area contributed by atoms with Crippen LogP contribution < -0.4 is 9.47 Å². The van der Waals surface area contributed by atoms with Crippen molar-refractivity contribution in [3.05, 3.63) is 23.8 Å². The average molecular weight is 236 g/mol. The Morgan fingerprint density at radius 2 is 2.06 bits per heavy atom. The lowest BCUT2D eigenvalue weighted by Gasteiger charge is -2.15. The van der Waals surface area contributed by atoms with E-state index in [4.69, 9.17) is 14.6 Å². The topological polar surface area (TPSA) is 55.8 Å². The summed E-state index contributed by atoms with van der Waals surface area (Å²) in [6.45, 7) is 3.79. The Kier molecular flexibility index (Phi) is 3.22. The number of aromatic carboxylic acids is 1. The molecule has 1 N–H and O–H groups in total. The van der Waals surface area contributed by atoms with Crippen molar-refractivity contribution in [1.82, 2.24) is 0 Å². The van der Waals surface area contributed by atoms with Crippen molar-refractivity contribution >= 4 is 5.97 Å². The first-order chi connectivity index (χ1) is 8.06. The summed E-state index contributed by atoms with van der Waals surface area (Å²) >= 11 is 0. The van der Waals surface area contributed by atoms with Gasteiger partial charge >= 0.3 is 5.97 Å². The van der Waals surface area contributed by atoms with Crippen molar-refractivity contribution in [3.63, 3.8) is 0 Å². The normalized spacial score (nSPS) is 14.8. The monoisotopic (exact) mass is 236 g/mol. The molecule has 1 saturated carbocycles. The fourth-order valence-corrected chi connectivity index (χ4v) is 1.45. The third kappa shape index (κ3) is 3.12. The lowest BCUT2D eigenvalue weighted by Crippen LogP contribution is -2.09. The number of ether oxygens (including phenoxy) is 2. The number of carboxylic acids is 1. The van der Waals surface area contributed by atoms with Gasteiger partial charge < -0.3 is 14.6 Å². The Labute approximate surface area is 100 Å². The zero-order chi connectivity index (χ0) is 12.4. The number of hydrogen-bond donors (Lipinski definition) is 1. The van der Waals surface area contributed by atoms with Crippen molar-refractivity contribution in [2.75, 3.05) is 0 Å². The molecule has 0 aliphatic heterocycles. The molecule has 0 heterocycles. The standard InChI is InChI=1S/C13H16O4/c1-8(2)16-12-7-9(13(14)15)3-6-11(12)17-10-4-5-10/h3,6-8,10H,4-5H2,1-2H3,(H,14,15). The first-order valence-electron chi connectivity index (χ1n) is 5.77. The van der Waals surface area contributed by atoms with Gasteiger partial charge in [0.25, 0.3) is 0 Å². The van der Waals surface area contributed by atoms with Crippen molar-refractivity contribution in [1.29, 1.82) is 0 Å². The molecule has 0 unspecified atom stereocenters. The molecule has 1 aromatic carbocycles. The van der Waals surface area contributed by atoms with Gasteiger partial charge in [0.15, 0.2) is 11.5 Å². The third-order valence-electron chi connectivity index (χ3n) is 2.37. The summed E-state index contributed by atoms with van der Waals surface area (Å²) in [6.07, 6.45) is 2.37. The van der Waals surface area contributed by atoms with Crippen molar-refractivity contribution in [2.24, 2.45) is 0 Å².